The predicted octanol–water partition coefficient (Wildman–Crippen LogP) is 2.11. The fraction of sp³-hybridized carbons (Fsp3) is 0.579. The van der Waals surface area contributed by atoms with E-state index in [2.05, 4.69) is 26.0 Å². The molecule has 2 aliphatic heterocycles. The number of rotatable bonds is 3. The second kappa shape index (κ2) is 6.93. The second-order valence-corrected chi connectivity index (χ2v) is 7.26. The van der Waals surface area contributed by atoms with Crippen molar-refractivity contribution in [3.05, 3.63) is 29.8 Å². The molecule has 24 heavy (non-hydrogen) atoms. The topological polar surface area (TPSA) is 66.6 Å². The molecule has 2 heterocycles. The summed E-state index contributed by atoms with van der Waals surface area (Å²) in [5.41, 5.74) is 8.10. The van der Waals surface area contributed by atoms with Gasteiger partial charge in [-0.2, -0.15) is 0 Å². The summed E-state index contributed by atoms with van der Waals surface area (Å²) in [4.78, 5) is 29.0. The maximum absolute atomic E-state index is 12.7. The summed E-state index contributed by atoms with van der Waals surface area (Å²) in [5, 5.41) is 0. The summed E-state index contributed by atoms with van der Waals surface area (Å²) >= 11 is 0. The lowest BCUT2D eigenvalue weighted by Crippen LogP contribution is -2.49. The van der Waals surface area contributed by atoms with E-state index < -0.39 is 5.92 Å². The first-order valence-electron chi connectivity index (χ1n) is 8.93. The minimum Gasteiger partial charge on any atom is -0.340 e. The van der Waals surface area contributed by atoms with Crippen molar-refractivity contribution in [2.75, 3.05) is 24.5 Å². The molecule has 2 amide bonds. The van der Waals surface area contributed by atoms with Gasteiger partial charge in [0.25, 0.3) is 0 Å². The molecule has 0 saturated carbocycles. The Bertz CT molecular complexity index is 612. The van der Waals surface area contributed by atoms with Crippen molar-refractivity contribution in [2.24, 2.45) is 11.7 Å². The van der Waals surface area contributed by atoms with E-state index in [-0.39, 0.29) is 17.9 Å². The zero-order valence-corrected chi connectivity index (χ0v) is 14.6. The Labute approximate surface area is 143 Å². The zero-order chi connectivity index (χ0) is 17.3. The van der Waals surface area contributed by atoms with E-state index >= 15 is 0 Å². The Balaban J connectivity index is 1.69. The fourth-order valence-corrected chi connectivity index (χ4v) is 3.64. The van der Waals surface area contributed by atoms with Crippen LogP contribution in [0.1, 0.15) is 44.6 Å². The Morgan fingerprint density at radius 2 is 1.88 bits per heavy atom. The molecular formula is C19H27N3O2. The molecular weight excluding hydrogens is 302 g/mol. The van der Waals surface area contributed by atoms with Crippen LogP contribution in [0.3, 0.4) is 0 Å². The second-order valence-electron chi connectivity index (χ2n) is 7.26. The summed E-state index contributed by atoms with van der Waals surface area (Å²) in [7, 11) is 0. The van der Waals surface area contributed by atoms with E-state index in [1.165, 1.54) is 5.56 Å². The van der Waals surface area contributed by atoms with E-state index in [0.29, 0.717) is 25.4 Å². The number of carbonyl (C=O) groups is 2. The van der Waals surface area contributed by atoms with Gasteiger partial charge in [0.1, 0.15) is 5.92 Å². The molecule has 2 fully saturated rings. The molecule has 1 aromatic carbocycles. The zero-order valence-electron chi connectivity index (χ0n) is 14.6. The van der Waals surface area contributed by atoms with Crippen molar-refractivity contribution in [3.8, 4) is 0 Å². The first-order valence-corrected chi connectivity index (χ1v) is 8.93. The molecule has 1 aromatic rings. The minimum atomic E-state index is -0.542. The molecule has 0 aromatic heterocycles. The number of nitrogens with two attached hydrogens (primary N) is 1. The Kier molecular flexibility index (Phi) is 4.90. The van der Waals surface area contributed by atoms with Gasteiger partial charge in [-0.15, -0.1) is 0 Å². The van der Waals surface area contributed by atoms with Crippen LogP contribution in [0, 0.1) is 5.92 Å². The van der Waals surface area contributed by atoms with Crippen molar-refractivity contribution in [2.45, 2.75) is 45.1 Å². The van der Waals surface area contributed by atoms with Crippen LogP contribution >= 0.6 is 0 Å². The summed E-state index contributed by atoms with van der Waals surface area (Å²) in [6.45, 7) is 6.20. The third-order valence-electron chi connectivity index (χ3n) is 5.14. The molecule has 0 radical (unpaired) electrons. The number of amides is 2. The third-order valence-corrected chi connectivity index (χ3v) is 5.14. The van der Waals surface area contributed by atoms with Crippen molar-refractivity contribution in [1.82, 2.24) is 4.90 Å². The highest BCUT2D eigenvalue weighted by atomic mass is 16.2. The van der Waals surface area contributed by atoms with Gasteiger partial charge in [-0.05, 0) is 42.9 Å². The molecule has 3 rings (SSSR count). The lowest BCUT2D eigenvalue weighted by molar-refractivity contribution is -0.140. The molecule has 2 unspecified atom stereocenters. The Morgan fingerprint density at radius 1 is 1.17 bits per heavy atom. The number of piperidine rings is 1. The summed E-state index contributed by atoms with van der Waals surface area (Å²) in [6.07, 6.45) is 2.47. The van der Waals surface area contributed by atoms with Crippen LogP contribution in [-0.2, 0) is 9.59 Å². The highest BCUT2D eigenvalue weighted by molar-refractivity contribution is 6.09. The van der Waals surface area contributed by atoms with Gasteiger partial charge in [0.15, 0.2) is 0 Å². The lowest BCUT2D eigenvalue weighted by Gasteiger charge is -2.32. The number of carbonyl (C=O) groups excluding carboxylic acids is 2. The van der Waals surface area contributed by atoms with Gasteiger partial charge in [-0.3, -0.25) is 9.59 Å². The van der Waals surface area contributed by atoms with Crippen LogP contribution in [0.2, 0.25) is 0 Å². The van der Waals surface area contributed by atoms with Gasteiger partial charge in [0.2, 0.25) is 11.8 Å². The fourth-order valence-electron chi connectivity index (χ4n) is 3.64. The molecule has 2 saturated heterocycles. The summed E-state index contributed by atoms with van der Waals surface area (Å²) in [6, 6.07) is 8.13. The van der Waals surface area contributed by atoms with E-state index in [9.17, 15) is 9.59 Å². The standard InChI is InChI=1S/C19H27N3O2/c1-13(2)14-5-7-16(8-6-14)22-11-9-17(19(22)24)18(23)21-10-3-4-15(20)12-21/h5-8,13,15,17H,3-4,9-12,20H2,1-2H3. The maximum Gasteiger partial charge on any atom is 0.239 e. The van der Waals surface area contributed by atoms with Gasteiger partial charge in [0, 0.05) is 31.4 Å². The predicted molar refractivity (Wildman–Crippen MR) is 94.8 cm³/mol. The van der Waals surface area contributed by atoms with E-state index in [1.807, 2.05) is 12.1 Å². The molecule has 2 aliphatic rings. The number of hydrogen-bond donors (Lipinski definition) is 1. The van der Waals surface area contributed by atoms with E-state index in [4.69, 9.17) is 5.73 Å². The average molecular weight is 329 g/mol. The lowest BCUT2D eigenvalue weighted by atomic mass is 10.0. The molecule has 5 nitrogen and oxygen atoms in total. The third kappa shape index (κ3) is 3.31. The average Bonchev–Trinajstić information content (AvgIpc) is 2.96. The minimum absolute atomic E-state index is 0.0406. The van der Waals surface area contributed by atoms with Gasteiger partial charge in [-0.1, -0.05) is 26.0 Å². The molecule has 2 atom stereocenters. The monoisotopic (exact) mass is 329 g/mol. The SMILES string of the molecule is CC(C)c1ccc(N2CCC(C(=O)N3CCCC(N)C3)C2=O)cc1. The number of anilines is 1. The number of benzene rings is 1. The van der Waals surface area contributed by atoms with Gasteiger partial charge in [-0.25, -0.2) is 0 Å². The molecule has 2 N–H and O–H groups in total. The van der Waals surface area contributed by atoms with Crippen molar-refractivity contribution >= 4 is 17.5 Å². The first kappa shape index (κ1) is 17.0. The summed E-state index contributed by atoms with van der Waals surface area (Å²) in [5.74, 6) is -0.195. The van der Waals surface area contributed by atoms with Crippen LogP contribution in [-0.4, -0.2) is 42.4 Å². The highest BCUT2D eigenvalue weighted by Crippen LogP contribution is 2.28. The van der Waals surface area contributed by atoms with Crippen LogP contribution in [0.4, 0.5) is 5.69 Å². The van der Waals surface area contributed by atoms with Crippen molar-refractivity contribution < 1.29 is 9.59 Å². The Hall–Kier alpha value is -1.88. The molecule has 0 aliphatic carbocycles. The van der Waals surface area contributed by atoms with Gasteiger partial charge in [0.05, 0.1) is 0 Å². The summed E-state index contributed by atoms with van der Waals surface area (Å²) < 4.78 is 0. The maximum atomic E-state index is 12.7. The van der Waals surface area contributed by atoms with Crippen LogP contribution in [0.5, 0.6) is 0 Å². The first-order chi connectivity index (χ1) is 11.5. The van der Waals surface area contributed by atoms with E-state index in [0.717, 1.165) is 25.1 Å². The van der Waals surface area contributed by atoms with Crippen LogP contribution < -0.4 is 10.6 Å². The largest absolute Gasteiger partial charge is 0.340 e. The number of likely N-dealkylation sites (tertiary alicyclic amines) is 1. The molecule has 0 spiro atoms. The number of nitrogens with zero attached hydrogens (tertiary/aromatic N) is 2. The molecule has 5 heteroatoms. The smallest absolute Gasteiger partial charge is 0.239 e. The van der Waals surface area contributed by atoms with Gasteiger partial charge < -0.3 is 15.5 Å². The highest BCUT2D eigenvalue weighted by Gasteiger charge is 2.40. The van der Waals surface area contributed by atoms with Crippen LogP contribution in [0.15, 0.2) is 24.3 Å². The number of hydrogen-bond acceptors (Lipinski definition) is 3. The Morgan fingerprint density at radius 3 is 2.50 bits per heavy atom. The van der Waals surface area contributed by atoms with Crippen molar-refractivity contribution in [3.63, 3.8) is 0 Å². The van der Waals surface area contributed by atoms with E-state index in [1.54, 1.807) is 9.80 Å². The molecule has 0 bridgehead atoms. The van der Waals surface area contributed by atoms with Gasteiger partial charge >= 0.3 is 0 Å². The quantitative estimate of drug-likeness (QED) is 0.864. The van der Waals surface area contributed by atoms with Crippen molar-refractivity contribution in [1.29, 1.82) is 0 Å². The normalized spacial score (nSPS) is 24.8. The van der Waals surface area contributed by atoms with Crippen LogP contribution in [0.25, 0.3) is 0 Å². The molecule has 130 valence electrons.